The summed E-state index contributed by atoms with van der Waals surface area (Å²) in [7, 11) is 0. The van der Waals surface area contributed by atoms with Gasteiger partial charge in [-0.2, -0.15) is 0 Å². The molecule has 0 saturated carbocycles. The van der Waals surface area contributed by atoms with Gasteiger partial charge < -0.3 is 14.8 Å². The molecular weight excluding hydrogens is 190 g/mol. The summed E-state index contributed by atoms with van der Waals surface area (Å²) in [5.74, 6) is 0.614. The van der Waals surface area contributed by atoms with E-state index in [0.29, 0.717) is 5.92 Å². The minimum atomic E-state index is 0.614. The Labute approximate surface area is 94.5 Å². The molecule has 92 valence electrons. The second-order valence-corrected chi connectivity index (χ2v) is 4.18. The maximum Gasteiger partial charge on any atom is 0.0700 e. The summed E-state index contributed by atoms with van der Waals surface area (Å²) in [6, 6.07) is 0. The van der Waals surface area contributed by atoms with E-state index in [9.17, 15) is 0 Å². The molecule has 0 aliphatic rings. The van der Waals surface area contributed by atoms with Crippen molar-refractivity contribution in [3.8, 4) is 0 Å². The van der Waals surface area contributed by atoms with Gasteiger partial charge >= 0.3 is 0 Å². The van der Waals surface area contributed by atoms with Crippen molar-refractivity contribution in [3.05, 3.63) is 0 Å². The van der Waals surface area contributed by atoms with Gasteiger partial charge in [0.1, 0.15) is 0 Å². The van der Waals surface area contributed by atoms with Gasteiger partial charge in [0, 0.05) is 13.2 Å². The zero-order valence-electron chi connectivity index (χ0n) is 10.6. The van der Waals surface area contributed by atoms with Crippen molar-refractivity contribution in [3.63, 3.8) is 0 Å². The third-order valence-corrected chi connectivity index (χ3v) is 1.89. The van der Waals surface area contributed by atoms with Gasteiger partial charge in [-0.15, -0.1) is 0 Å². The van der Waals surface area contributed by atoms with Gasteiger partial charge in [0.05, 0.1) is 13.2 Å². The molecule has 0 aliphatic heterocycles. The van der Waals surface area contributed by atoms with Crippen LogP contribution in [-0.4, -0.2) is 39.5 Å². The number of hydrogen-bond donors (Lipinski definition) is 1. The average Bonchev–Trinajstić information content (AvgIpc) is 2.20. The molecule has 0 aromatic carbocycles. The Morgan fingerprint density at radius 3 is 2.40 bits per heavy atom. The summed E-state index contributed by atoms with van der Waals surface area (Å²) in [4.78, 5) is 0. The van der Waals surface area contributed by atoms with Crippen LogP contribution in [0.2, 0.25) is 0 Å². The second-order valence-electron chi connectivity index (χ2n) is 4.18. The van der Waals surface area contributed by atoms with Crippen LogP contribution in [0.15, 0.2) is 0 Å². The fourth-order valence-corrected chi connectivity index (χ4v) is 1.14. The number of hydrogen-bond acceptors (Lipinski definition) is 3. The average molecular weight is 217 g/mol. The van der Waals surface area contributed by atoms with Crippen LogP contribution in [0.1, 0.15) is 33.6 Å². The Bertz CT molecular complexity index is 118. The normalized spacial score (nSPS) is 11.2. The van der Waals surface area contributed by atoms with Gasteiger partial charge in [0.15, 0.2) is 0 Å². The molecule has 0 fully saturated rings. The van der Waals surface area contributed by atoms with E-state index in [1.807, 2.05) is 0 Å². The molecule has 0 aliphatic carbocycles. The maximum absolute atomic E-state index is 5.43. The Morgan fingerprint density at radius 1 is 1.00 bits per heavy atom. The van der Waals surface area contributed by atoms with E-state index in [-0.39, 0.29) is 0 Å². The lowest BCUT2D eigenvalue weighted by Crippen LogP contribution is -2.18. The molecule has 0 bridgehead atoms. The quantitative estimate of drug-likeness (QED) is 0.537. The molecule has 1 N–H and O–H groups in total. The zero-order valence-corrected chi connectivity index (χ0v) is 10.6. The Kier molecular flexibility index (Phi) is 11.9. The Hall–Kier alpha value is -0.120. The molecule has 0 aromatic rings. The predicted octanol–water partition coefficient (Wildman–Crippen LogP) is 2.07. The molecule has 15 heavy (non-hydrogen) atoms. The monoisotopic (exact) mass is 217 g/mol. The van der Waals surface area contributed by atoms with Crippen LogP contribution >= 0.6 is 0 Å². The summed E-state index contributed by atoms with van der Waals surface area (Å²) in [6.07, 6.45) is 2.29. The third-order valence-electron chi connectivity index (χ3n) is 1.89. The molecule has 3 nitrogen and oxygen atoms in total. The number of rotatable bonds is 11. The smallest absolute Gasteiger partial charge is 0.0700 e. The molecule has 0 amide bonds. The van der Waals surface area contributed by atoms with Crippen molar-refractivity contribution >= 4 is 0 Å². The van der Waals surface area contributed by atoms with Gasteiger partial charge in [-0.3, -0.25) is 0 Å². The van der Waals surface area contributed by atoms with Gasteiger partial charge in [-0.25, -0.2) is 0 Å². The summed E-state index contributed by atoms with van der Waals surface area (Å²) in [5.41, 5.74) is 0. The Balaban J connectivity index is 2.87. The molecule has 0 aromatic heterocycles. The molecule has 0 spiro atoms. The summed E-state index contributed by atoms with van der Waals surface area (Å²) in [5, 5.41) is 3.34. The van der Waals surface area contributed by atoms with Gasteiger partial charge in [0.2, 0.25) is 0 Å². The molecule has 0 saturated heterocycles. The highest BCUT2D eigenvalue weighted by atomic mass is 16.5. The van der Waals surface area contributed by atoms with Crippen LogP contribution in [0.3, 0.4) is 0 Å². The van der Waals surface area contributed by atoms with Gasteiger partial charge in [-0.05, 0) is 31.8 Å². The fourth-order valence-electron chi connectivity index (χ4n) is 1.14. The van der Waals surface area contributed by atoms with Crippen molar-refractivity contribution in [2.45, 2.75) is 33.6 Å². The minimum absolute atomic E-state index is 0.614. The van der Waals surface area contributed by atoms with Crippen LogP contribution in [0, 0.1) is 5.92 Å². The molecule has 0 heterocycles. The fraction of sp³-hybridized carbons (Fsp3) is 1.00. The third kappa shape index (κ3) is 13.9. The van der Waals surface area contributed by atoms with E-state index in [1.165, 1.54) is 6.42 Å². The van der Waals surface area contributed by atoms with Crippen LogP contribution in [-0.2, 0) is 9.47 Å². The maximum atomic E-state index is 5.43. The standard InChI is InChI=1S/C12H27NO2/c1-4-6-13-7-5-8-14-9-10-15-11-12(2)3/h12-13H,4-11H2,1-3H3. The van der Waals surface area contributed by atoms with Crippen molar-refractivity contribution in [1.29, 1.82) is 0 Å². The van der Waals surface area contributed by atoms with Crippen molar-refractivity contribution in [1.82, 2.24) is 5.32 Å². The molecular formula is C12H27NO2. The topological polar surface area (TPSA) is 30.5 Å². The number of ether oxygens (including phenoxy) is 2. The Morgan fingerprint density at radius 2 is 1.73 bits per heavy atom. The van der Waals surface area contributed by atoms with Crippen LogP contribution in [0.4, 0.5) is 0 Å². The first-order valence-corrected chi connectivity index (χ1v) is 6.13. The lowest BCUT2D eigenvalue weighted by molar-refractivity contribution is 0.0371. The van der Waals surface area contributed by atoms with Crippen molar-refractivity contribution in [2.24, 2.45) is 5.92 Å². The summed E-state index contributed by atoms with van der Waals surface area (Å²) < 4.78 is 10.8. The van der Waals surface area contributed by atoms with E-state index in [2.05, 4.69) is 26.1 Å². The SMILES string of the molecule is CCCNCCCOCCOCC(C)C. The van der Waals surface area contributed by atoms with E-state index in [1.54, 1.807) is 0 Å². The first-order valence-electron chi connectivity index (χ1n) is 6.13. The highest BCUT2D eigenvalue weighted by Gasteiger charge is 1.93. The van der Waals surface area contributed by atoms with Crippen LogP contribution < -0.4 is 5.32 Å². The van der Waals surface area contributed by atoms with Gasteiger partial charge in [0.25, 0.3) is 0 Å². The zero-order chi connectivity index (χ0) is 11.4. The predicted molar refractivity (Wildman–Crippen MR) is 64.3 cm³/mol. The van der Waals surface area contributed by atoms with Crippen molar-refractivity contribution < 1.29 is 9.47 Å². The second kappa shape index (κ2) is 12.0. The molecule has 0 atom stereocenters. The van der Waals surface area contributed by atoms with E-state index in [4.69, 9.17) is 9.47 Å². The largest absolute Gasteiger partial charge is 0.379 e. The highest BCUT2D eigenvalue weighted by molar-refractivity contribution is 4.45. The van der Waals surface area contributed by atoms with E-state index >= 15 is 0 Å². The first-order chi connectivity index (χ1) is 7.27. The molecule has 3 heteroatoms. The highest BCUT2D eigenvalue weighted by Crippen LogP contribution is 1.92. The van der Waals surface area contributed by atoms with Gasteiger partial charge in [-0.1, -0.05) is 20.8 Å². The summed E-state index contributed by atoms with van der Waals surface area (Å²) in [6.45, 7) is 11.8. The van der Waals surface area contributed by atoms with Crippen LogP contribution in [0.25, 0.3) is 0 Å². The lowest BCUT2D eigenvalue weighted by Gasteiger charge is -2.07. The van der Waals surface area contributed by atoms with Crippen molar-refractivity contribution in [2.75, 3.05) is 39.5 Å². The van der Waals surface area contributed by atoms with E-state index in [0.717, 1.165) is 45.9 Å². The summed E-state index contributed by atoms with van der Waals surface area (Å²) >= 11 is 0. The molecule has 0 rings (SSSR count). The minimum Gasteiger partial charge on any atom is -0.379 e. The number of nitrogens with one attached hydrogen (secondary N) is 1. The molecule has 0 unspecified atom stereocenters. The van der Waals surface area contributed by atoms with E-state index < -0.39 is 0 Å². The molecule has 0 radical (unpaired) electrons. The van der Waals surface area contributed by atoms with Crippen LogP contribution in [0.5, 0.6) is 0 Å². The lowest BCUT2D eigenvalue weighted by atomic mass is 10.2. The first kappa shape index (κ1) is 14.9.